The molecule has 0 saturated heterocycles. The van der Waals surface area contributed by atoms with E-state index in [1.165, 1.54) is 0 Å². The van der Waals surface area contributed by atoms with Gasteiger partial charge >= 0.3 is 0 Å². The molecule has 3 atom stereocenters. The zero-order chi connectivity index (χ0) is 15.5. The molecule has 2 rings (SSSR count). The average molecular weight is 288 g/mol. The first-order chi connectivity index (χ1) is 9.87. The Kier molecular flexibility index (Phi) is 4.81. The van der Waals surface area contributed by atoms with E-state index in [1.807, 2.05) is 25.1 Å². The van der Waals surface area contributed by atoms with Crippen LogP contribution in [-0.4, -0.2) is 10.7 Å². The van der Waals surface area contributed by atoms with Crippen LogP contribution in [0, 0.1) is 11.8 Å². The van der Waals surface area contributed by atoms with Gasteiger partial charge in [0.2, 0.25) is 0 Å². The molecule has 1 saturated carbocycles. The zero-order valence-corrected chi connectivity index (χ0v) is 13.0. The van der Waals surface area contributed by atoms with Crippen molar-refractivity contribution in [2.45, 2.75) is 45.2 Å². The number of rotatable bonds is 8. The minimum absolute atomic E-state index is 0.199. The molecule has 1 aliphatic carbocycles. The Morgan fingerprint density at radius 3 is 2.71 bits per heavy atom. The number of pyridine rings is 1. The molecule has 3 unspecified atom stereocenters. The van der Waals surface area contributed by atoms with Gasteiger partial charge in [0.05, 0.1) is 0 Å². The van der Waals surface area contributed by atoms with E-state index in [0.717, 1.165) is 36.4 Å². The molecule has 1 aromatic rings. The van der Waals surface area contributed by atoms with Crippen molar-refractivity contribution >= 4 is 5.82 Å². The van der Waals surface area contributed by atoms with E-state index in [4.69, 9.17) is 0 Å². The van der Waals surface area contributed by atoms with Crippen LogP contribution in [0.1, 0.15) is 39.5 Å². The third kappa shape index (κ3) is 5.00. The van der Waals surface area contributed by atoms with Crippen LogP contribution in [0.2, 0.25) is 0 Å². The molecule has 1 N–H and O–H groups in total. The monoisotopic (exact) mass is 288 g/mol. The number of allylic oxidation sites excluding steroid dienone is 2. The summed E-state index contributed by atoms with van der Waals surface area (Å²) in [5.74, 6) is 1.40. The Morgan fingerprint density at radius 2 is 2.19 bits per heavy atom. The molecule has 114 valence electrons. The number of hydrogen-bond acceptors (Lipinski definition) is 2. The number of nitrogens with one attached hydrogen (secondary N) is 1. The zero-order valence-electron chi connectivity index (χ0n) is 13.0. The van der Waals surface area contributed by atoms with Gasteiger partial charge in [0.25, 0.3) is 0 Å². The van der Waals surface area contributed by atoms with E-state index >= 15 is 0 Å². The Hall–Kier alpha value is -1.64. The summed E-state index contributed by atoms with van der Waals surface area (Å²) in [7, 11) is 0. The number of anilines is 1. The summed E-state index contributed by atoms with van der Waals surface area (Å²) in [4.78, 5) is 4.23. The lowest BCUT2D eigenvalue weighted by Gasteiger charge is -2.19. The highest BCUT2D eigenvalue weighted by molar-refractivity contribution is 5.39. The molecule has 0 radical (unpaired) electrons. The standard InChI is InChI=1S/C18H25FN2/c1-13(2)9-15(11-16-12-18(16,4)19)10-14(3)21-17-7-5-6-8-20-17/h5-8,15-16H,1,3,9-12H2,2,4H3,(H,20,21). The van der Waals surface area contributed by atoms with Gasteiger partial charge in [-0.25, -0.2) is 9.37 Å². The fourth-order valence-electron chi connectivity index (χ4n) is 2.90. The fourth-order valence-corrected chi connectivity index (χ4v) is 2.90. The smallest absolute Gasteiger partial charge is 0.130 e. The Labute approximate surface area is 127 Å². The molecule has 0 aliphatic heterocycles. The summed E-state index contributed by atoms with van der Waals surface area (Å²) in [5.41, 5.74) is 1.12. The lowest BCUT2D eigenvalue weighted by molar-refractivity contribution is 0.286. The molecular formula is C18H25FN2. The topological polar surface area (TPSA) is 24.9 Å². The van der Waals surface area contributed by atoms with Crippen LogP contribution in [0.15, 0.2) is 48.8 Å². The molecule has 3 heteroatoms. The van der Waals surface area contributed by atoms with Crippen LogP contribution in [0.5, 0.6) is 0 Å². The van der Waals surface area contributed by atoms with Gasteiger partial charge in [-0.05, 0) is 63.5 Å². The highest BCUT2D eigenvalue weighted by Crippen LogP contribution is 2.51. The van der Waals surface area contributed by atoms with Gasteiger partial charge in [-0.15, -0.1) is 6.58 Å². The van der Waals surface area contributed by atoms with Crippen molar-refractivity contribution in [3.05, 3.63) is 48.8 Å². The molecule has 21 heavy (non-hydrogen) atoms. The minimum atomic E-state index is -0.955. The normalized spacial score (nSPS) is 25.2. The first-order valence-electron chi connectivity index (χ1n) is 7.56. The van der Waals surface area contributed by atoms with Gasteiger partial charge in [0, 0.05) is 11.9 Å². The van der Waals surface area contributed by atoms with Crippen molar-refractivity contribution < 1.29 is 4.39 Å². The highest BCUT2D eigenvalue weighted by atomic mass is 19.1. The van der Waals surface area contributed by atoms with E-state index in [1.54, 1.807) is 13.1 Å². The third-order valence-corrected chi connectivity index (χ3v) is 4.10. The van der Waals surface area contributed by atoms with E-state index < -0.39 is 5.67 Å². The molecule has 0 spiro atoms. The van der Waals surface area contributed by atoms with Crippen molar-refractivity contribution in [2.75, 3.05) is 5.32 Å². The largest absolute Gasteiger partial charge is 0.344 e. The molecular weight excluding hydrogens is 263 g/mol. The number of nitrogens with zero attached hydrogens (tertiary/aromatic N) is 1. The van der Waals surface area contributed by atoms with Gasteiger partial charge < -0.3 is 5.32 Å². The van der Waals surface area contributed by atoms with E-state index in [9.17, 15) is 4.39 Å². The second-order valence-corrected chi connectivity index (χ2v) is 6.59. The van der Waals surface area contributed by atoms with Gasteiger partial charge in [-0.2, -0.15) is 0 Å². The number of hydrogen-bond donors (Lipinski definition) is 1. The van der Waals surface area contributed by atoms with Crippen molar-refractivity contribution in [3.8, 4) is 0 Å². The van der Waals surface area contributed by atoms with Crippen molar-refractivity contribution in [1.82, 2.24) is 4.98 Å². The average Bonchev–Trinajstić information content (AvgIpc) is 2.96. The lowest BCUT2D eigenvalue weighted by Crippen LogP contribution is -2.11. The van der Waals surface area contributed by atoms with E-state index in [0.29, 0.717) is 12.3 Å². The van der Waals surface area contributed by atoms with Crippen LogP contribution in [0.4, 0.5) is 10.2 Å². The summed E-state index contributed by atoms with van der Waals surface area (Å²) in [6.45, 7) is 11.8. The van der Waals surface area contributed by atoms with Gasteiger partial charge in [0.1, 0.15) is 11.5 Å². The van der Waals surface area contributed by atoms with E-state index in [-0.39, 0.29) is 5.92 Å². The SMILES string of the molecule is C=C(C)CC(CC(=C)Nc1ccccn1)CC1CC1(C)F. The molecule has 1 fully saturated rings. The number of halogens is 1. The predicted molar refractivity (Wildman–Crippen MR) is 86.8 cm³/mol. The second-order valence-electron chi connectivity index (χ2n) is 6.59. The summed E-state index contributed by atoms with van der Waals surface area (Å²) >= 11 is 0. The molecule has 1 aromatic heterocycles. The Morgan fingerprint density at radius 1 is 1.48 bits per heavy atom. The van der Waals surface area contributed by atoms with Gasteiger partial charge in [0.15, 0.2) is 0 Å². The summed E-state index contributed by atoms with van der Waals surface area (Å²) in [6.07, 6.45) is 5.11. The first kappa shape index (κ1) is 15.7. The molecule has 0 bridgehead atoms. The van der Waals surface area contributed by atoms with Gasteiger partial charge in [-0.3, -0.25) is 0 Å². The maximum atomic E-state index is 13.8. The molecule has 2 nitrogen and oxygen atoms in total. The lowest BCUT2D eigenvalue weighted by atomic mass is 9.90. The van der Waals surface area contributed by atoms with E-state index in [2.05, 4.69) is 23.5 Å². The molecule has 0 aromatic carbocycles. The fraction of sp³-hybridized carbons (Fsp3) is 0.500. The van der Waals surface area contributed by atoms with Crippen LogP contribution in [0.3, 0.4) is 0 Å². The van der Waals surface area contributed by atoms with Crippen LogP contribution >= 0.6 is 0 Å². The van der Waals surface area contributed by atoms with Crippen molar-refractivity contribution in [2.24, 2.45) is 11.8 Å². The maximum absolute atomic E-state index is 13.8. The maximum Gasteiger partial charge on any atom is 0.130 e. The van der Waals surface area contributed by atoms with Crippen molar-refractivity contribution in [3.63, 3.8) is 0 Å². The molecule has 0 amide bonds. The summed E-state index contributed by atoms with van der Waals surface area (Å²) in [6, 6.07) is 5.73. The summed E-state index contributed by atoms with van der Waals surface area (Å²) < 4.78 is 13.8. The predicted octanol–water partition coefficient (Wildman–Crippen LogP) is 5.12. The summed E-state index contributed by atoms with van der Waals surface area (Å²) in [5, 5.41) is 3.23. The third-order valence-electron chi connectivity index (χ3n) is 4.10. The highest BCUT2D eigenvalue weighted by Gasteiger charge is 2.51. The van der Waals surface area contributed by atoms with Crippen LogP contribution in [-0.2, 0) is 0 Å². The minimum Gasteiger partial charge on any atom is -0.344 e. The quantitative estimate of drug-likeness (QED) is 0.672. The Balaban J connectivity index is 1.88. The first-order valence-corrected chi connectivity index (χ1v) is 7.56. The van der Waals surface area contributed by atoms with Crippen LogP contribution in [0.25, 0.3) is 0 Å². The number of alkyl halides is 1. The molecule has 1 heterocycles. The van der Waals surface area contributed by atoms with Gasteiger partial charge in [-0.1, -0.05) is 18.2 Å². The van der Waals surface area contributed by atoms with Crippen LogP contribution < -0.4 is 5.32 Å². The second kappa shape index (κ2) is 6.42. The Bertz CT molecular complexity index is 507. The number of aromatic nitrogens is 1. The van der Waals surface area contributed by atoms with Crippen molar-refractivity contribution in [1.29, 1.82) is 0 Å². The molecule has 1 aliphatic rings.